The Balaban J connectivity index is 1.79. The first-order chi connectivity index (χ1) is 15.9. The highest BCUT2D eigenvalue weighted by atomic mass is 35.5. The number of halogens is 1. The second-order valence-corrected chi connectivity index (χ2v) is 9.83. The summed E-state index contributed by atoms with van der Waals surface area (Å²) in [6.45, 7) is 6.79. The molecule has 3 N–H and O–H groups in total. The van der Waals surface area contributed by atoms with Crippen molar-refractivity contribution < 1.29 is 5.11 Å². The van der Waals surface area contributed by atoms with Gasteiger partial charge in [-0.2, -0.15) is 0 Å². The third-order valence-electron chi connectivity index (χ3n) is 6.71. The van der Waals surface area contributed by atoms with E-state index in [4.69, 9.17) is 22.3 Å². The van der Waals surface area contributed by atoms with Crippen molar-refractivity contribution in [3.63, 3.8) is 0 Å². The summed E-state index contributed by atoms with van der Waals surface area (Å²) in [5, 5.41) is 10.7. The van der Waals surface area contributed by atoms with Gasteiger partial charge in [0.2, 0.25) is 0 Å². The van der Waals surface area contributed by atoms with Gasteiger partial charge in [0.05, 0.1) is 5.54 Å². The van der Waals surface area contributed by atoms with Gasteiger partial charge in [0.15, 0.2) is 5.96 Å². The summed E-state index contributed by atoms with van der Waals surface area (Å²) in [4.78, 5) is 9.10. The third-order valence-corrected chi connectivity index (χ3v) is 6.95. The van der Waals surface area contributed by atoms with Crippen LogP contribution in [0.1, 0.15) is 51.5 Å². The monoisotopic (exact) mass is 470 g/mol. The Labute approximate surface area is 204 Å². The zero-order chi connectivity index (χ0) is 23.8. The number of hydrogen-bond donors (Lipinski definition) is 2. The van der Waals surface area contributed by atoms with Crippen LogP contribution in [-0.4, -0.2) is 54.3 Å². The van der Waals surface area contributed by atoms with E-state index in [0.717, 1.165) is 47.6 Å². The number of unbranched alkanes of at least 4 members (excludes halogenated alkanes) is 2. The Hall–Kier alpha value is -2.08. The van der Waals surface area contributed by atoms with Crippen LogP contribution in [-0.2, 0) is 5.54 Å². The summed E-state index contributed by atoms with van der Waals surface area (Å²) in [5.74, 6) is 0.852. The van der Waals surface area contributed by atoms with Crippen LogP contribution in [0.3, 0.4) is 0 Å². The van der Waals surface area contributed by atoms with Crippen LogP contribution in [0.15, 0.2) is 53.5 Å². The quantitative estimate of drug-likeness (QED) is 0.191. The molecular weight excluding hydrogens is 432 g/mol. The first kappa shape index (κ1) is 25.5. The van der Waals surface area contributed by atoms with Crippen LogP contribution in [0.5, 0.6) is 0 Å². The molecule has 1 atom stereocenters. The molecule has 0 radical (unpaired) electrons. The topological polar surface area (TPSA) is 65.1 Å². The standard InChI is InChI=1S/C27H39ClN4O/c1-4-5-6-15-31(3)16-17-32(20-33)26(29)30-27(2,23-13-14-23)24-11-7-9-21(18-24)22-10-8-12-25(28)19-22/h7-12,18-19,23,33H,4-6,13-17,20H2,1-3H3,(H2,29,30). The number of likely N-dealkylation sites (N-methyl/N-ethyl adjacent to an activating group) is 1. The molecule has 0 saturated heterocycles. The molecule has 0 bridgehead atoms. The van der Waals surface area contributed by atoms with Gasteiger partial charge in [-0.05, 0) is 80.6 Å². The van der Waals surface area contributed by atoms with Gasteiger partial charge in [0.25, 0.3) is 0 Å². The van der Waals surface area contributed by atoms with E-state index in [2.05, 4.69) is 56.1 Å². The minimum Gasteiger partial charge on any atom is -0.376 e. The van der Waals surface area contributed by atoms with Crippen LogP contribution in [0.4, 0.5) is 0 Å². The molecule has 5 nitrogen and oxygen atoms in total. The first-order valence-electron chi connectivity index (χ1n) is 12.1. The molecule has 1 unspecified atom stereocenters. The van der Waals surface area contributed by atoms with Crippen LogP contribution in [0.2, 0.25) is 5.02 Å². The highest BCUT2D eigenvalue weighted by molar-refractivity contribution is 6.30. The SMILES string of the molecule is CCCCCN(C)CCN(CO)C(N)=NC(C)(c1cccc(-c2cccc(Cl)c2)c1)C1CC1. The van der Waals surface area contributed by atoms with Crippen LogP contribution in [0, 0.1) is 5.92 Å². The minimum atomic E-state index is -0.431. The minimum absolute atomic E-state index is 0.137. The van der Waals surface area contributed by atoms with Gasteiger partial charge in [-0.3, -0.25) is 0 Å². The average Bonchev–Trinajstić information content (AvgIpc) is 3.66. The molecule has 6 heteroatoms. The Kier molecular flexibility index (Phi) is 9.19. The molecule has 1 fully saturated rings. The predicted molar refractivity (Wildman–Crippen MR) is 139 cm³/mol. The molecule has 2 aromatic rings. The number of aliphatic imine (C=N–C) groups is 1. The van der Waals surface area contributed by atoms with E-state index in [1.165, 1.54) is 19.3 Å². The van der Waals surface area contributed by atoms with Crippen molar-refractivity contribution in [2.45, 2.75) is 51.5 Å². The van der Waals surface area contributed by atoms with Crippen molar-refractivity contribution in [2.24, 2.45) is 16.6 Å². The normalized spacial score (nSPS) is 16.1. The average molecular weight is 471 g/mol. The largest absolute Gasteiger partial charge is 0.376 e. The lowest BCUT2D eigenvalue weighted by Gasteiger charge is -2.31. The summed E-state index contributed by atoms with van der Waals surface area (Å²) in [7, 11) is 2.12. The molecule has 0 aromatic heterocycles. The van der Waals surface area contributed by atoms with Gasteiger partial charge >= 0.3 is 0 Å². The van der Waals surface area contributed by atoms with Crippen molar-refractivity contribution in [2.75, 3.05) is 33.4 Å². The van der Waals surface area contributed by atoms with Gasteiger partial charge in [0, 0.05) is 18.1 Å². The van der Waals surface area contributed by atoms with Crippen molar-refractivity contribution in [1.29, 1.82) is 0 Å². The fraction of sp³-hybridized carbons (Fsp3) is 0.519. The van der Waals surface area contributed by atoms with Crippen molar-refractivity contribution >= 4 is 17.6 Å². The van der Waals surface area contributed by atoms with E-state index in [1.807, 2.05) is 18.2 Å². The maximum Gasteiger partial charge on any atom is 0.194 e. The van der Waals surface area contributed by atoms with E-state index in [0.29, 0.717) is 18.4 Å². The van der Waals surface area contributed by atoms with E-state index < -0.39 is 5.54 Å². The van der Waals surface area contributed by atoms with E-state index in [-0.39, 0.29) is 6.73 Å². The molecule has 180 valence electrons. The second-order valence-electron chi connectivity index (χ2n) is 9.40. The Morgan fingerprint density at radius 1 is 1.09 bits per heavy atom. The smallest absolute Gasteiger partial charge is 0.194 e. The van der Waals surface area contributed by atoms with Gasteiger partial charge in [0.1, 0.15) is 6.73 Å². The lowest BCUT2D eigenvalue weighted by atomic mass is 9.86. The fourth-order valence-corrected chi connectivity index (χ4v) is 4.51. The molecule has 1 saturated carbocycles. The van der Waals surface area contributed by atoms with Crippen molar-refractivity contribution in [3.05, 3.63) is 59.1 Å². The molecule has 1 aliphatic rings. The fourth-order valence-electron chi connectivity index (χ4n) is 4.32. The molecule has 33 heavy (non-hydrogen) atoms. The Bertz CT molecular complexity index is 930. The lowest BCUT2D eigenvalue weighted by molar-refractivity contribution is 0.154. The van der Waals surface area contributed by atoms with Gasteiger partial charge in [-0.15, -0.1) is 0 Å². The highest BCUT2D eigenvalue weighted by Crippen LogP contribution is 2.48. The lowest BCUT2D eigenvalue weighted by Crippen LogP contribution is -2.44. The number of nitrogens with zero attached hydrogens (tertiary/aromatic N) is 3. The first-order valence-corrected chi connectivity index (χ1v) is 12.5. The van der Waals surface area contributed by atoms with Crippen molar-refractivity contribution in [3.8, 4) is 11.1 Å². The molecule has 2 aromatic carbocycles. The summed E-state index contributed by atoms with van der Waals surface area (Å²) in [6.07, 6.45) is 5.92. The zero-order valence-electron chi connectivity index (χ0n) is 20.3. The number of aliphatic hydroxyl groups excluding tert-OH is 1. The van der Waals surface area contributed by atoms with E-state index >= 15 is 0 Å². The van der Waals surface area contributed by atoms with Crippen LogP contribution < -0.4 is 5.73 Å². The number of guanidine groups is 1. The molecule has 0 heterocycles. The molecular formula is C27H39ClN4O. The van der Waals surface area contributed by atoms with Gasteiger partial charge < -0.3 is 20.6 Å². The molecule has 3 rings (SSSR count). The third kappa shape index (κ3) is 6.95. The highest BCUT2D eigenvalue weighted by Gasteiger charge is 2.43. The molecule has 0 amide bonds. The maximum absolute atomic E-state index is 10.00. The number of hydrogen-bond acceptors (Lipinski definition) is 3. The number of nitrogens with two attached hydrogens (primary N) is 1. The summed E-state index contributed by atoms with van der Waals surface area (Å²) in [6, 6.07) is 16.4. The van der Waals surface area contributed by atoms with Crippen LogP contribution in [0.25, 0.3) is 11.1 Å². The molecule has 1 aliphatic carbocycles. The summed E-state index contributed by atoms with van der Waals surface area (Å²) < 4.78 is 0. The summed E-state index contributed by atoms with van der Waals surface area (Å²) >= 11 is 6.22. The van der Waals surface area contributed by atoms with Gasteiger partial charge in [-0.1, -0.05) is 61.7 Å². The number of aliphatic hydroxyl groups is 1. The van der Waals surface area contributed by atoms with Crippen LogP contribution >= 0.6 is 11.6 Å². The predicted octanol–water partition coefficient (Wildman–Crippen LogP) is 5.32. The van der Waals surface area contributed by atoms with Gasteiger partial charge in [-0.25, -0.2) is 4.99 Å². The number of benzene rings is 2. The second kappa shape index (κ2) is 11.9. The van der Waals surface area contributed by atoms with E-state index in [1.54, 1.807) is 4.90 Å². The molecule has 0 spiro atoms. The summed E-state index contributed by atoms with van der Waals surface area (Å²) in [5.41, 5.74) is 9.38. The maximum atomic E-state index is 10.00. The Morgan fingerprint density at radius 3 is 2.42 bits per heavy atom. The Morgan fingerprint density at radius 2 is 1.79 bits per heavy atom. The zero-order valence-corrected chi connectivity index (χ0v) is 21.1. The number of rotatable bonds is 12. The molecule has 0 aliphatic heterocycles. The van der Waals surface area contributed by atoms with E-state index in [9.17, 15) is 5.11 Å². The van der Waals surface area contributed by atoms with Crippen molar-refractivity contribution in [1.82, 2.24) is 9.80 Å².